The summed E-state index contributed by atoms with van der Waals surface area (Å²) in [5.41, 5.74) is 1.92. The lowest BCUT2D eigenvalue weighted by Crippen LogP contribution is -2.50. The van der Waals surface area contributed by atoms with E-state index in [-0.39, 0.29) is 23.9 Å². The number of hydrogen-bond donors (Lipinski definition) is 1. The second-order valence-electron chi connectivity index (χ2n) is 7.65. The Hall–Kier alpha value is -3.02. The highest BCUT2D eigenvalue weighted by atomic mass is 16.5. The molecule has 3 amide bonds. The Morgan fingerprint density at radius 3 is 2.45 bits per heavy atom. The summed E-state index contributed by atoms with van der Waals surface area (Å²) in [5.74, 6) is 0.767. The highest BCUT2D eigenvalue weighted by Gasteiger charge is 2.32. The molecule has 2 aromatic carbocycles. The van der Waals surface area contributed by atoms with Crippen LogP contribution in [0.5, 0.6) is 5.75 Å². The molecule has 1 fully saturated rings. The van der Waals surface area contributed by atoms with E-state index in [9.17, 15) is 9.59 Å². The largest absolute Gasteiger partial charge is 0.490 e. The number of urea groups is 1. The summed E-state index contributed by atoms with van der Waals surface area (Å²) >= 11 is 0. The van der Waals surface area contributed by atoms with Crippen molar-refractivity contribution >= 4 is 17.6 Å². The zero-order valence-electron chi connectivity index (χ0n) is 16.7. The molecule has 29 heavy (non-hydrogen) atoms. The summed E-state index contributed by atoms with van der Waals surface area (Å²) in [5, 5.41) is 3.12. The molecule has 1 atom stereocenters. The number of nitrogens with zero attached hydrogens (tertiary/aromatic N) is 2. The molecule has 0 aromatic heterocycles. The number of para-hydroxylation sites is 2. The molecule has 6 nitrogen and oxygen atoms in total. The van der Waals surface area contributed by atoms with Gasteiger partial charge in [0, 0.05) is 19.0 Å². The van der Waals surface area contributed by atoms with Crippen molar-refractivity contribution in [1.29, 1.82) is 0 Å². The van der Waals surface area contributed by atoms with E-state index < -0.39 is 0 Å². The monoisotopic (exact) mass is 393 g/mol. The molecule has 0 saturated carbocycles. The third kappa shape index (κ3) is 4.21. The lowest BCUT2D eigenvalue weighted by atomic mass is 9.95. The Labute approximate surface area is 171 Å². The van der Waals surface area contributed by atoms with Gasteiger partial charge in [0.2, 0.25) is 5.91 Å². The van der Waals surface area contributed by atoms with Crippen molar-refractivity contribution in [3.05, 3.63) is 60.2 Å². The maximum Gasteiger partial charge on any atom is 0.324 e. The number of hydrogen-bond acceptors (Lipinski definition) is 3. The molecule has 0 unspecified atom stereocenters. The van der Waals surface area contributed by atoms with Gasteiger partial charge in [0.1, 0.15) is 12.4 Å². The van der Waals surface area contributed by atoms with E-state index in [0.29, 0.717) is 39.1 Å². The molecule has 2 aliphatic heterocycles. The van der Waals surface area contributed by atoms with Gasteiger partial charge in [-0.2, -0.15) is 0 Å². The molecule has 1 N–H and O–H groups in total. The number of carbonyl (C=O) groups excluding carboxylic acids is 2. The Bertz CT molecular complexity index is 863. The molecule has 152 valence electrons. The van der Waals surface area contributed by atoms with E-state index in [1.165, 1.54) is 0 Å². The number of nitrogens with one attached hydrogen (secondary N) is 1. The minimum absolute atomic E-state index is 0.00254. The lowest BCUT2D eigenvalue weighted by Gasteiger charge is -2.37. The molecule has 2 aromatic rings. The van der Waals surface area contributed by atoms with Crippen LogP contribution in [0.1, 0.15) is 31.4 Å². The SMILES string of the molecule is C[C@@H](NC(=O)C1CCN(C(=O)N2CCOc3ccccc32)CC1)c1ccccc1. The van der Waals surface area contributed by atoms with Gasteiger partial charge >= 0.3 is 6.03 Å². The molecule has 0 radical (unpaired) electrons. The van der Waals surface area contributed by atoms with E-state index in [1.807, 2.05) is 66.4 Å². The molecule has 0 bridgehead atoms. The van der Waals surface area contributed by atoms with Crippen molar-refractivity contribution in [2.24, 2.45) is 5.92 Å². The summed E-state index contributed by atoms with van der Waals surface area (Å²) in [6, 6.07) is 17.6. The van der Waals surface area contributed by atoms with Crippen LogP contribution in [-0.2, 0) is 4.79 Å². The average Bonchev–Trinajstić information content (AvgIpc) is 2.79. The van der Waals surface area contributed by atoms with E-state index in [1.54, 1.807) is 4.90 Å². The minimum atomic E-state index is -0.0535. The summed E-state index contributed by atoms with van der Waals surface area (Å²) in [7, 11) is 0. The Morgan fingerprint density at radius 2 is 1.69 bits per heavy atom. The molecule has 2 aliphatic rings. The number of anilines is 1. The number of piperidine rings is 1. The molecule has 0 aliphatic carbocycles. The molecular formula is C23H27N3O3. The summed E-state index contributed by atoms with van der Waals surface area (Å²) in [4.78, 5) is 29.4. The standard InChI is InChI=1S/C23H27N3O3/c1-17(18-7-3-2-4-8-18)24-22(27)19-11-13-25(14-12-19)23(28)26-15-16-29-21-10-6-5-9-20(21)26/h2-10,17,19H,11-16H2,1H3,(H,24,27)/t17-/m1/s1. The second-order valence-corrected chi connectivity index (χ2v) is 7.65. The lowest BCUT2D eigenvalue weighted by molar-refractivity contribution is -0.126. The van der Waals surface area contributed by atoms with Crippen LogP contribution in [0.2, 0.25) is 0 Å². The van der Waals surface area contributed by atoms with E-state index in [0.717, 1.165) is 17.0 Å². The number of amides is 3. The van der Waals surface area contributed by atoms with Crippen LogP contribution >= 0.6 is 0 Å². The maximum atomic E-state index is 13.1. The fourth-order valence-electron chi connectivity index (χ4n) is 4.03. The van der Waals surface area contributed by atoms with Gasteiger partial charge in [-0.15, -0.1) is 0 Å². The van der Waals surface area contributed by atoms with Crippen LogP contribution in [0.4, 0.5) is 10.5 Å². The molecule has 6 heteroatoms. The first-order chi connectivity index (χ1) is 14.1. The van der Waals surface area contributed by atoms with E-state index in [2.05, 4.69) is 5.32 Å². The zero-order valence-corrected chi connectivity index (χ0v) is 16.7. The van der Waals surface area contributed by atoms with Crippen LogP contribution < -0.4 is 15.0 Å². The first-order valence-corrected chi connectivity index (χ1v) is 10.3. The number of ether oxygens (including phenoxy) is 1. The van der Waals surface area contributed by atoms with E-state index >= 15 is 0 Å². The Kier molecular flexibility index (Phi) is 5.69. The average molecular weight is 393 g/mol. The molecule has 2 heterocycles. The topological polar surface area (TPSA) is 61.9 Å². The highest BCUT2D eigenvalue weighted by Crippen LogP contribution is 2.32. The number of likely N-dealkylation sites (tertiary alicyclic amines) is 1. The fourth-order valence-corrected chi connectivity index (χ4v) is 4.03. The van der Waals surface area contributed by atoms with Gasteiger partial charge in [-0.25, -0.2) is 4.79 Å². The van der Waals surface area contributed by atoms with Crippen molar-refractivity contribution in [3.63, 3.8) is 0 Å². The van der Waals surface area contributed by atoms with Crippen LogP contribution in [0.15, 0.2) is 54.6 Å². The van der Waals surface area contributed by atoms with Gasteiger partial charge in [-0.3, -0.25) is 9.69 Å². The quantitative estimate of drug-likeness (QED) is 0.867. The van der Waals surface area contributed by atoms with Crippen molar-refractivity contribution in [3.8, 4) is 5.75 Å². The van der Waals surface area contributed by atoms with Crippen LogP contribution in [0.25, 0.3) is 0 Å². The van der Waals surface area contributed by atoms with Crippen molar-refractivity contribution < 1.29 is 14.3 Å². The number of rotatable bonds is 3. The van der Waals surface area contributed by atoms with Crippen molar-refractivity contribution in [2.75, 3.05) is 31.1 Å². The van der Waals surface area contributed by atoms with Gasteiger partial charge in [0.05, 0.1) is 18.3 Å². The zero-order chi connectivity index (χ0) is 20.2. The van der Waals surface area contributed by atoms with Crippen LogP contribution in [0, 0.1) is 5.92 Å². The van der Waals surface area contributed by atoms with Gasteiger partial charge in [-0.1, -0.05) is 42.5 Å². The van der Waals surface area contributed by atoms with Crippen LogP contribution in [0.3, 0.4) is 0 Å². The third-order valence-corrected chi connectivity index (χ3v) is 5.75. The third-order valence-electron chi connectivity index (χ3n) is 5.75. The molecule has 4 rings (SSSR count). The predicted octanol–water partition coefficient (Wildman–Crippen LogP) is 3.59. The molecular weight excluding hydrogens is 366 g/mol. The molecule has 1 saturated heterocycles. The summed E-state index contributed by atoms with van der Waals surface area (Å²) < 4.78 is 5.65. The fraction of sp³-hybridized carbons (Fsp3) is 0.391. The number of benzene rings is 2. The van der Waals surface area contributed by atoms with Gasteiger partial charge in [0.15, 0.2) is 0 Å². The maximum absolute atomic E-state index is 13.1. The second kappa shape index (κ2) is 8.55. The smallest absolute Gasteiger partial charge is 0.324 e. The summed E-state index contributed by atoms with van der Waals surface area (Å²) in [6.07, 6.45) is 1.37. The highest BCUT2D eigenvalue weighted by molar-refractivity contribution is 5.94. The first-order valence-electron chi connectivity index (χ1n) is 10.3. The van der Waals surface area contributed by atoms with Crippen LogP contribution in [-0.4, -0.2) is 43.1 Å². The summed E-state index contributed by atoms with van der Waals surface area (Å²) in [6.45, 7) is 4.23. The van der Waals surface area contributed by atoms with Gasteiger partial charge in [-0.05, 0) is 37.5 Å². The predicted molar refractivity (Wildman–Crippen MR) is 112 cm³/mol. The van der Waals surface area contributed by atoms with E-state index in [4.69, 9.17) is 4.74 Å². The van der Waals surface area contributed by atoms with Crippen molar-refractivity contribution in [1.82, 2.24) is 10.2 Å². The van der Waals surface area contributed by atoms with Crippen molar-refractivity contribution in [2.45, 2.75) is 25.8 Å². The Morgan fingerprint density at radius 1 is 1.00 bits per heavy atom. The number of fused-ring (bicyclic) bond motifs is 1. The normalized spacial score (nSPS) is 17.8. The first kappa shape index (κ1) is 19.3. The van der Waals surface area contributed by atoms with Gasteiger partial charge < -0.3 is 15.0 Å². The van der Waals surface area contributed by atoms with Gasteiger partial charge in [0.25, 0.3) is 0 Å². The number of carbonyl (C=O) groups is 2. The molecule has 0 spiro atoms. The minimum Gasteiger partial charge on any atom is -0.490 e. The Balaban J connectivity index is 1.33.